The molecule has 2 aromatic carbocycles. The minimum absolute atomic E-state index is 0.121. The number of anilines is 2. The number of rotatable bonds is 4. The minimum atomic E-state index is -4.44. The van der Waals surface area contributed by atoms with E-state index in [0.29, 0.717) is 5.69 Å². The molecule has 0 unspecified atom stereocenters. The van der Waals surface area contributed by atoms with E-state index in [4.69, 9.17) is 0 Å². The molecule has 0 atom stereocenters. The van der Waals surface area contributed by atoms with Gasteiger partial charge < -0.3 is 10.2 Å². The topological polar surface area (TPSA) is 32.3 Å². The number of nitrogens with zero attached hydrogens (tertiary/aromatic N) is 1. The maximum absolute atomic E-state index is 13.1. The average Bonchev–Trinajstić information content (AvgIpc) is 3.10. The number of nitrogens with one attached hydrogen (secondary N) is 1. The number of hydrogen-bond donors (Lipinski definition) is 1. The van der Waals surface area contributed by atoms with Crippen LogP contribution in [0.2, 0.25) is 0 Å². The number of halogens is 3. The van der Waals surface area contributed by atoms with Crippen molar-refractivity contribution >= 4 is 17.3 Å². The summed E-state index contributed by atoms with van der Waals surface area (Å²) in [6.45, 7) is 3.52. The third-order valence-electron chi connectivity index (χ3n) is 4.53. The van der Waals surface area contributed by atoms with E-state index in [1.165, 1.54) is 6.07 Å². The Morgan fingerprint density at radius 2 is 1.73 bits per heavy atom. The van der Waals surface area contributed by atoms with Crippen LogP contribution in [0.3, 0.4) is 0 Å². The first-order valence-corrected chi connectivity index (χ1v) is 8.64. The monoisotopic (exact) mass is 362 g/mol. The molecule has 26 heavy (non-hydrogen) atoms. The quantitative estimate of drug-likeness (QED) is 0.848. The molecule has 0 aliphatic carbocycles. The molecule has 1 aliphatic rings. The molecule has 1 saturated heterocycles. The SMILES string of the molecule is Cc1ccc(CC(=O)Nc2cc(C(F)(F)F)ccc2N2CCCC2)cc1. The van der Waals surface area contributed by atoms with E-state index in [1.807, 2.05) is 36.1 Å². The number of carbonyl (C=O) groups is 1. The lowest BCUT2D eigenvalue weighted by atomic mass is 10.1. The molecule has 0 saturated carbocycles. The van der Waals surface area contributed by atoms with Gasteiger partial charge in [0.15, 0.2) is 0 Å². The highest BCUT2D eigenvalue weighted by Crippen LogP contribution is 2.36. The van der Waals surface area contributed by atoms with E-state index >= 15 is 0 Å². The maximum Gasteiger partial charge on any atom is 0.416 e. The van der Waals surface area contributed by atoms with E-state index < -0.39 is 11.7 Å². The van der Waals surface area contributed by atoms with Gasteiger partial charge in [-0.05, 0) is 43.5 Å². The normalized spacial score (nSPS) is 14.5. The van der Waals surface area contributed by atoms with E-state index in [-0.39, 0.29) is 18.0 Å². The number of aryl methyl sites for hydroxylation is 1. The summed E-state index contributed by atoms with van der Waals surface area (Å²) in [7, 11) is 0. The third kappa shape index (κ3) is 4.36. The van der Waals surface area contributed by atoms with Crippen molar-refractivity contribution in [1.82, 2.24) is 0 Å². The van der Waals surface area contributed by atoms with Gasteiger partial charge >= 0.3 is 6.18 Å². The van der Waals surface area contributed by atoms with Gasteiger partial charge in [-0.1, -0.05) is 29.8 Å². The fraction of sp³-hybridized carbons (Fsp3) is 0.350. The Bertz CT molecular complexity index is 779. The van der Waals surface area contributed by atoms with Gasteiger partial charge in [0.25, 0.3) is 0 Å². The zero-order valence-electron chi connectivity index (χ0n) is 14.6. The van der Waals surface area contributed by atoms with Crippen LogP contribution in [-0.4, -0.2) is 19.0 Å². The molecular formula is C20H21F3N2O. The number of hydrogen-bond acceptors (Lipinski definition) is 2. The van der Waals surface area contributed by atoms with Crippen LogP contribution in [0.15, 0.2) is 42.5 Å². The van der Waals surface area contributed by atoms with Gasteiger partial charge in [0.2, 0.25) is 5.91 Å². The maximum atomic E-state index is 13.1. The summed E-state index contributed by atoms with van der Waals surface area (Å²) in [5, 5.41) is 2.68. The average molecular weight is 362 g/mol. The number of benzene rings is 2. The summed E-state index contributed by atoms with van der Waals surface area (Å²) < 4.78 is 39.2. The van der Waals surface area contributed by atoms with E-state index in [1.54, 1.807) is 0 Å². The van der Waals surface area contributed by atoms with Crippen LogP contribution < -0.4 is 10.2 Å². The van der Waals surface area contributed by atoms with Crippen molar-refractivity contribution in [2.45, 2.75) is 32.4 Å². The smallest absolute Gasteiger partial charge is 0.370 e. The van der Waals surface area contributed by atoms with Crippen molar-refractivity contribution in [1.29, 1.82) is 0 Å². The first-order chi connectivity index (χ1) is 12.3. The highest BCUT2D eigenvalue weighted by atomic mass is 19.4. The van der Waals surface area contributed by atoms with Crippen molar-refractivity contribution in [3.05, 3.63) is 59.2 Å². The van der Waals surface area contributed by atoms with E-state index in [9.17, 15) is 18.0 Å². The van der Waals surface area contributed by atoms with E-state index in [2.05, 4.69) is 5.32 Å². The molecule has 1 heterocycles. The van der Waals surface area contributed by atoms with Crippen molar-refractivity contribution in [2.24, 2.45) is 0 Å². The Morgan fingerprint density at radius 3 is 2.35 bits per heavy atom. The predicted molar refractivity (Wildman–Crippen MR) is 96.4 cm³/mol. The fourth-order valence-corrected chi connectivity index (χ4v) is 3.13. The van der Waals surface area contributed by atoms with E-state index in [0.717, 1.165) is 49.2 Å². The molecular weight excluding hydrogens is 341 g/mol. The minimum Gasteiger partial charge on any atom is -0.370 e. The summed E-state index contributed by atoms with van der Waals surface area (Å²) in [5.74, 6) is -0.325. The summed E-state index contributed by atoms with van der Waals surface area (Å²) in [5.41, 5.74) is 2.02. The summed E-state index contributed by atoms with van der Waals surface area (Å²) >= 11 is 0. The molecule has 0 bridgehead atoms. The summed E-state index contributed by atoms with van der Waals surface area (Å²) in [4.78, 5) is 14.4. The number of alkyl halides is 3. The Hall–Kier alpha value is -2.50. The number of carbonyl (C=O) groups excluding carboxylic acids is 1. The van der Waals surface area contributed by atoms with Gasteiger partial charge in [0, 0.05) is 13.1 Å². The molecule has 1 fully saturated rings. The van der Waals surface area contributed by atoms with Crippen LogP contribution in [0.25, 0.3) is 0 Å². The second-order valence-electron chi connectivity index (χ2n) is 6.63. The molecule has 138 valence electrons. The lowest BCUT2D eigenvalue weighted by Crippen LogP contribution is -2.22. The van der Waals surface area contributed by atoms with Crippen LogP contribution in [0.1, 0.15) is 29.5 Å². The van der Waals surface area contributed by atoms with Crippen LogP contribution >= 0.6 is 0 Å². The van der Waals surface area contributed by atoms with Gasteiger partial charge in [0.1, 0.15) is 0 Å². The third-order valence-corrected chi connectivity index (χ3v) is 4.53. The molecule has 1 amide bonds. The Morgan fingerprint density at radius 1 is 1.08 bits per heavy atom. The highest BCUT2D eigenvalue weighted by Gasteiger charge is 2.32. The molecule has 2 aromatic rings. The predicted octanol–water partition coefficient (Wildman–Crippen LogP) is 4.80. The molecule has 3 rings (SSSR count). The second kappa shape index (κ2) is 7.40. The van der Waals surface area contributed by atoms with Gasteiger partial charge in [0.05, 0.1) is 23.4 Å². The lowest BCUT2D eigenvalue weighted by Gasteiger charge is -2.23. The van der Waals surface area contributed by atoms with Crippen LogP contribution in [0, 0.1) is 6.92 Å². The summed E-state index contributed by atoms with van der Waals surface area (Å²) in [6, 6.07) is 11.1. The zero-order valence-corrected chi connectivity index (χ0v) is 14.6. The molecule has 0 radical (unpaired) electrons. The largest absolute Gasteiger partial charge is 0.416 e. The van der Waals surface area contributed by atoms with Crippen molar-refractivity contribution in [3.8, 4) is 0 Å². The molecule has 1 N–H and O–H groups in total. The van der Waals surface area contributed by atoms with Crippen LogP contribution in [-0.2, 0) is 17.4 Å². The number of amides is 1. The van der Waals surface area contributed by atoms with Crippen molar-refractivity contribution < 1.29 is 18.0 Å². The zero-order chi connectivity index (χ0) is 18.7. The Balaban J connectivity index is 1.83. The van der Waals surface area contributed by atoms with Crippen molar-refractivity contribution in [2.75, 3.05) is 23.3 Å². The molecule has 0 spiro atoms. The lowest BCUT2D eigenvalue weighted by molar-refractivity contribution is -0.137. The fourth-order valence-electron chi connectivity index (χ4n) is 3.13. The Kier molecular flexibility index (Phi) is 5.20. The molecule has 0 aromatic heterocycles. The summed E-state index contributed by atoms with van der Waals surface area (Å²) in [6.07, 6.45) is -2.33. The second-order valence-corrected chi connectivity index (χ2v) is 6.63. The van der Waals surface area contributed by atoms with Gasteiger partial charge in [-0.3, -0.25) is 4.79 Å². The first-order valence-electron chi connectivity index (χ1n) is 8.64. The van der Waals surface area contributed by atoms with Gasteiger partial charge in [-0.15, -0.1) is 0 Å². The van der Waals surface area contributed by atoms with Crippen LogP contribution in [0.5, 0.6) is 0 Å². The van der Waals surface area contributed by atoms with Gasteiger partial charge in [-0.2, -0.15) is 13.2 Å². The highest BCUT2D eigenvalue weighted by molar-refractivity contribution is 5.95. The molecule has 3 nitrogen and oxygen atoms in total. The first kappa shape index (κ1) is 18.3. The standard InChI is InChI=1S/C20H21F3N2O/c1-14-4-6-15(7-5-14)12-19(26)24-17-13-16(20(21,22)23)8-9-18(17)25-10-2-3-11-25/h4-9,13H,2-3,10-12H2,1H3,(H,24,26). The van der Waals surface area contributed by atoms with Crippen molar-refractivity contribution in [3.63, 3.8) is 0 Å². The van der Waals surface area contributed by atoms with Crippen LogP contribution in [0.4, 0.5) is 24.5 Å². The molecule has 6 heteroatoms. The Labute approximate surface area is 150 Å². The molecule has 1 aliphatic heterocycles. The van der Waals surface area contributed by atoms with Gasteiger partial charge in [-0.25, -0.2) is 0 Å².